The first kappa shape index (κ1) is 9.63. The average molecular weight is 194 g/mol. The van der Waals surface area contributed by atoms with Crippen molar-refractivity contribution in [3.8, 4) is 12.3 Å². The zero-order valence-electron chi connectivity index (χ0n) is 6.88. The summed E-state index contributed by atoms with van der Waals surface area (Å²) in [5.74, 6) is 2.14. The summed E-state index contributed by atoms with van der Waals surface area (Å²) in [7, 11) is 0. The smallest absolute Gasteiger partial charge is 0.252 e. The molecule has 0 atom stereocenters. The van der Waals surface area contributed by atoms with Gasteiger partial charge < -0.3 is 5.32 Å². The summed E-state index contributed by atoms with van der Waals surface area (Å²) < 4.78 is 0. The molecule has 0 aliphatic carbocycles. The lowest BCUT2D eigenvalue weighted by molar-refractivity contribution is 0.0958. The van der Waals surface area contributed by atoms with Gasteiger partial charge in [0.1, 0.15) is 0 Å². The molecule has 0 heterocycles. The minimum atomic E-state index is -0.186. The molecule has 0 aliphatic heterocycles. The highest BCUT2D eigenvalue weighted by atomic mass is 35.5. The average Bonchev–Trinajstić information content (AvgIpc) is 2.15. The van der Waals surface area contributed by atoms with Crippen molar-refractivity contribution in [1.82, 2.24) is 5.32 Å². The third-order valence-electron chi connectivity index (χ3n) is 1.46. The molecule has 1 amide bonds. The van der Waals surface area contributed by atoms with Crippen LogP contribution in [-0.4, -0.2) is 12.5 Å². The van der Waals surface area contributed by atoms with Gasteiger partial charge in [0.2, 0.25) is 0 Å². The number of halogens is 1. The summed E-state index contributed by atoms with van der Waals surface area (Å²) in [5.41, 5.74) is 0.555. The quantitative estimate of drug-likeness (QED) is 0.712. The molecule has 2 nitrogen and oxygen atoms in total. The molecule has 1 aromatic carbocycles. The first-order chi connectivity index (χ1) is 6.24. The lowest BCUT2D eigenvalue weighted by Crippen LogP contribution is -2.23. The van der Waals surface area contributed by atoms with Crippen LogP contribution in [0, 0.1) is 12.3 Å². The number of hydrogen-bond acceptors (Lipinski definition) is 1. The van der Waals surface area contributed by atoms with E-state index in [1.807, 2.05) is 0 Å². The van der Waals surface area contributed by atoms with E-state index in [2.05, 4.69) is 11.2 Å². The summed E-state index contributed by atoms with van der Waals surface area (Å²) >= 11 is 5.66. The molecule has 0 aromatic heterocycles. The van der Waals surface area contributed by atoms with E-state index in [4.69, 9.17) is 18.0 Å². The van der Waals surface area contributed by atoms with Gasteiger partial charge in [-0.05, 0) is 24.3 Å². The Hall–Kier alpha value is -1.46. The van der Waals surface area contributed by atoms with Crippen LogP contribution in [-0.2, 0) is 0 Å². The Labute approximate surface area is 81.9 Å². The van der Waals surface area contributed by atoms with Crippen molar-refractivity contribution in [3.63, 3.8) is 0 Å². The molecule has 0 unspecified atom stereocenters. The fourth-order valence-electron chi connectivity index (χ4n) is 0.835. The number of rotatable bonds is 2. The normalized spacial score (nSPS) is 8.92. The molecule has 3 heteroatoms. The number of nitrogens with one attached hydrogen (secondary N) is 1. The first-order valence-corrected chi connectivity index (χ1v) is 4.09. The monoisotopic (exact) mass is 193 g/mol. The Balaban J connectivity index is 2.68. The molecule has 0 spiro atoms. The van der Waals surface area contributed by atoms with E-state index >= 15 is 0 Å². The van der Waals surface area contributed by atoms with Gasteiger partial charge in [-0.25, -0.2) is 0 Å². The van der Waals surface area contributed by atoms with Gasteiger partial charge in [0.25, 0.3) is 5.91 Å². The minimum absolute atomic E-state index is 0.186. The van der Waals surface area contributed by atoms with E-state index < -0.39 is 0 Å². The van der Waals surface area contributed by atoms with Gasteiger partial charge in [-0.3, -0.25) is 4.79 Å². The van der Waals surface area contributed by atoms with E-state index in [-0.39, 0.29) is 12.5 Å². The zero-order valence-corrected chi connectivity index (χ0v) is 7.64. The molecule has 0 fully saturated rings. The molecule has 1 rings (SSSR count). The van der Waals surface area contributed by atoms with Crippen LogP contribution in [0.15, 0.2) is 24.3 Å². The van der Waals surface area contributed by atoms with Gasteiger partial charge in [-0.15, -0.1) is 6.42 Å². The third-order valence-corrected chi connectivity index (χ3v) is 1.71. The highest BCUT2D eigenvalue weighted by Gasteiger charge is 2.02. The number of carbonyl (C=O) groups excluding carboxylic acids is 1. The number of amides is 1. The largest absolute Gasteiger partial charge is 0.341 e. The van der Waals surface area contributed by atoms with E-state index in [1.165, 1.54) is 0 Å². The van der Waals surface area contributed by atoms with Crippen LogP contribution >= 0.6 is 11.6 Å². The predicted molar refractivity (Wildman–Crippen MR) is 52.6 cm³/mol. The van der Waals surface area contributed by atoms with E-state index in [1.54, 1.807) is 24.3 Å². The highest BCUT2D eigenvalue weighted by Crippen LogP contribution is 2.08. The van der Waals surface area contributed by atoms with Crippen molar-refractivity contribution in [1.29, 1.82) is 0 Å². The van der Waals surface area contributed by atoms with Gasteiger partial charge in [0.15, 0.2) is 0 Å². The van der Waals surface area contributed by atoms with Crippen molar-refractivity contribution in [2.45, 2.75) is 0 Å². The molecule has 0 saturated carbocycles. The Kier molecular flexibility index (Phi) is 3.36. The van der Waals surface area contributed by atoms with Gasteiger partial charge in [-0.2, -0.15) is 0 Å². The Morgan fingerprint density at radius 2 is 2.08 bits per heavy atom. The lowest BCUT2D eigenvalue weighted by Gasteiger charge is -2.00. The number of carbonyl (C=O) groups is 1. The second-order valence-electron chi connectivity index (χ2n) is 2.39. The Morgan fingerprint density at radius 3 is 2.62 bits per heavy atom. The molecule has 1 N–H and O–H groups in total. The second kappa shape index (κ2) is 4.54. The van der Waals surface area contributed by atoms with Gasteiger partial charge in [-0.1, -0.05) is 17.5 Å². The van der Waals surface area contributed by atoms with Crippen molar-refractivity contribution >= 4 is 17.5 Å². The number of hydrogen-bond donors (Lipinski definition) is 1. The molecule has 66 valence electrons. The van der Waals surface area contributed by atoms with Gasteiger partial charge in [0, 0.05) is 10.6 Å². The van der Waals surface area contributed by atoms with Crippen LogP contribution in [0.25, 0.3) is 0 Å². The highest BCUT2D eigenvalue weighted by molar-refractivity contribution is 6.30. The maximum absolute atomic E-state index is 11.3. The van der Waals surface area contributed by atoms with E-state index in [0.717, 1.165) is 0 Å². The van der Waals surface area contributed by atoms with Crippen molar-refractivity contribution in [2.24, 2.45) is 0 Å². The van der Waals surface area contributed by atoms with Gasteiger partial charge >= 0.3 is 0 Å². The van der Waals surface area contributed by atoms with Gasteiger partial charge in [0.05, 0.1) is 6.54 Å². The molecule has 0 bridgehead atoms. The lowest BCUT2D eigenvalue weighted by atomic mass is 10.2. The van der Waals surface area contributed by atoms with Crippen molar-refractivity contribution < 1.29 is 4.79 Å². The van der Waals surface area contributed by atoms with Crippen LogP contribution in [0.3, 0.4) is 0 Å². The molecule has 0 saturated heterocycles. The molecular formula is C10H8ClNO. The van der Waals surface area contributed by atoms with Crippen LogP contribution in [0.2, 0.25) is 5.02 Å². The van der Waals surface area contributed by atoms with E-state index in [9.17, 15) is 4.79 Å². The fourth-order valence-corrected chi connectivity index (χ4v) is 0.961. The van der Waals surface area contributed by atoms with Crippen molar-refractivity contribution in [3.05, 3.63) is 34.9 Å². The molecule has 1 aromatic rings. The Morgan fingerprint density at radius 1 is 1.46 bits per heavy atom. The second-order valence-corrected chi connectivity index (χ2v) is 2.83. The maximum Gasteiger partial charge on any atom is 0.252 e. The van der Waals surface area contributed by atoms with Crippen LogP contribution in [0.1, 0.15) is 10.4 Å². The predicted octanol–water partition coefficient (Wildman–Crippen LogP) is 1.70. The molecular weight excluding hydrogens is 186 g/mol. The minimum Gasteiger partial charge on any atom is -0.341 e. The standard InChI is InChI=1S/C10H8ClNO/c1-2-7-12-10(13)8-3-5-9(11)6-4-8/h1,3-6H,7H2,(H,12,13). The van der Waals surface area contributed by atoms with Crippen LogP contribution in [0.4, 0.5) is 0 Å². The molecule has 0 radical (unpaired) electrons. The number of terminal acetylenes is 1. The fraction of sp³-hybridized carbons (Fsp3) is 0.100. The summed E-state index contributed by atoms with van der Waals surface area (Å²) in [6.45, 7) is 0.238. The first-order valence-electron chi connectivity index (χ1n) is 3.71. The summed E-state index contributed by atoms with van der Waals surface area (Å²) in [6, 6.07) is 6.61. The SMILES string of the molecule is C#CCNC(=O)c1ccc(Cl)cc1. The summed E-state index contributed by atoms with van der Waals surface area (Å²) in [6.07, 6.45) is 4.99. The van der Waals surface area contributed by atoms with Crippen molar-refractivity contribution in [2.75, 3.05) is 6.54 Å². The molecule has 13 heavy (non-hydrogen) atoms. The summed E-state index contributed by atoms with van der Waals surface area (Å²) in [4.78, 5) is 11.3. The van der Waals surface area contributed by atoms with Crippen LogP contribution in [0.5, 0.6) is 0 Å². The molecule has 0 aliphatic rings. The van der Waals surface area contributed by atoms with E-state index in [0.29, 0.717) is 10.6 Å². The topological polar surface area (TPSA) is 29.1 Å². The summed E-state index contributed by atoms with van der Waals surface area (Å²) in [5, 5.41) is 3.16. The van der Waals surface area contributed by atoms with Crippen LogP contribution < -0.4 is 5.32 Å². The third kappa shape index (κ3) is 2.81. The number of benzene rings is 1. The maximum atomic E-state index is 11.3. The zero-order chi connectivity index (χ0) is 9.68. The Bertz CT molecular complexity index is 337.